The van der Waals surface area contributed by atoms with Gasteiger partial charge in [-0.1, -0.05) is 45.1 Å². The van der Waals surface area contributed by atoms with Crippen LogP contribution in [0.25, 0.3) is 0 Å². The molecule has 6 nitrogen and oxygen atoms in total. The molecule has 0 aliphatic carbocycles. The van der Waals surface area contributed by atoms with Gasteiger partial charge in [-0.3, -0.25) is 9.35 Å². The second-order valence-electron chi connectivity index (χ2n) is 5.21. The molecule has 0 heterocycles. The Morgan fingerprint density at radius 2 is 1.77 bits per heavy atom. The summed E-state index contributed by atoms with van der Waals surface area (Å²) in [6.45, 7) is 2.57. The first-order chi connectivity index (χ1) is 10.5. The summed E-state index contributed by atoms with van der Waals surface area (Å²) in [6.07, 6.45) is 12.8. The van der Waals surface area contributed by atoms with Gasteiger partial charge < -0.3 is 5.32 Å². The standard InChI is InChI=1S/C15H29NO5S/c1-2-3-4-5-6-7-8-9-12-15(17)16-13-10-11-14-21-22(18,19)20/h9,12H,2-8,10-11,13-14H2,1H3,(H,16,17)(H,18,19,20). The Morgan fingerprint density at radius 3 is 2.45 bits per heavy atom. The lowest BCUT2D eigenvalue weighted by Gasteiger charge is -2.02. The van der Waals surface area contributed by atoms with Crippen LogP contribution in [0, 0.1) is 0 Å². The van der Waals surface area contributed by atoms with E-state index < -0.39 is 10.4 Å². The Hall–Kier alpha value is -0.920. The van der Waals surface area contributed by atoms with Gasteiger partial charge in [0.25, 0.3) is 0 Å². The SMILES string of the molecule is CCCCCCCCC=CC(=O)NCCCCOS(=O)(=O)O. The van der Waals surface area contributed by atoms with Gasteiger partial charge in [-0.2, -0.15) is 8.42 Å². The second kappa shape index (κ2) is 13.7. The van der Waals surface area contributed by atoms with Crippen LogP contribution in [0.1, 0.15) is 64.7 Å². The van der Waals surface area contributed by atoms with E-state index in [1.807, 2.05) is 6.08 Å². The molecule has 0 aromatic heterocycles. The molecule has 0 rings (SSSR count). The minimum Gasteiger partial charge on any atom is -0.353 e. The molecule has 22 heavy (non-hydrogen) atoms. The summed E-state index contributed by atoms with van der Waals surface area (Å²) in [5.41, 5.74) is 0. The predicted molar refractivity (Wildman–Crippen MR) is 86.9 cm³/mol. The van der Waals surface area contributed by atoms with E-state index >= 15 is 0 Å². The van der Waals surface area contributed by atoms with Crippen LogP contribution in [0.2, 0.25) is 0 Å². The average Bonchev–Trinajstić information content (AvgIpc) is 2.44. The topological polar surface area (TPSA) is 92.7 Å². The minimum atomic E-state index is -4.35. The highest BCUT2D eigenvalue weighted by atomic mass is 32.3. The molecule has 0 spiro atoms. The number of unbranched alkanes of at least 4 members (excludes halogenated alkanes) is 7. The van der Waals surface area contributed by atoms with Crippen LogP contribution in [0.15, 0.2) is 12.2 Å². The highest BCUT2D eigenvalue weighted by molar-refractivity contribution is 7.80. The molecule has 0 aromatic carbocycles. The van der Waals surface area contributed by atoms with E-state index in [0.29, 0.717) is 19.4 Å². The van der Waals surface area contributed by atoms with Crippen molar-refractivity contribution in [1.29, 1.82) is 0 Å². The molecule has 0 aliphatic rings. The summed E-state index contributed by atoms with van der Waals surface area (Å²) < 4.78 is 33.0. The normalized spacial score (nSPS) is 11.9. The van der Waals surface area contributed by atoms with Crippen LogP contribution in [-0.2, 0) is 19.4 Å². The number of nitrogens with one attached hydrogen (secondary N) is 1. The van der Waals surface area contributed by atoms with Gasteiger partial charge in [0.15, 0.2) is 0 Å². The van der Waals surface area contributed by atoms with Crippen molar-refractivity contribution in [2.75, 3.05) is 13.2 Å². The average molecular weight is 335 g/mol. The lowest BCUT2D eigenvalue weighted by molar-refractivity contribution is -0.116. The third-order valence-corrected chi connectivity index (χ3v) is 3.56. The highest BCUT2D eigenvalue weighted by Crippen LogP contribution is 2.07. The van der Waals surface area contributed by atoms with Crippen molar-refractivity contribution >= 4 is 16.3 Å². The van der Waals surface area contributed by atoms with E-state index in [9.17, 15) is 13.2 Å². The van der Waals surface area contributed by atoms with Crippen molar-refractivity contribution in [3.05, 3.63) is 12.2 Å². The van der Waals surface area contributed by atoms with E-state index in [4.69, 9.17) is 4.55 Å². The van der Waals surface area contributed by atoms with E-state index in [1.54, 1.807) is 6.08 Å². The molecule has 7 heteroatoms. The summed E-state index contributed by atoms with van der Waals surface area (Å²) in [4.78, 5) is 11.4. The zero-order valence-corrected chi connectivity index (χ0v) is 14.2. The van der Waals surface area contributed by atoms with E-state index in [0.717, 1.165) is 12.8 Å². The molecule has 0 fully saturated rings. The molecule has 0 aromatic rings. The minimum absolute atomic E-state index is 0.0808. The summed E-state index contributed by atoms with van der Waals surface area (Å²) in [5.74, 6) is -0.137. The van der Waals surface area contributed by atoms with Gasteiger partial charge in [-0.15, -0.1) is 0 Å². The number of allylic oxidation sites excluding steroid dienone is 1. The molecule has 0 radical (unpaired) electrons. The third-order valence-electron chi connectivity index (χ3n) is 3.10. The zero-order chi connectivity index (χ0) is 16.7. The van der Waals surface area contributed by atoms with Gasteiger partial charge in [0.05, 0.1) is 6.61 Å². The summed E-state index contributed by atoms with van der Waals surface area (Å²) in [6, 6.07) is 0. The van der Waals surface area contributed by atoms with E-state index in [-0.39, 0.29) is 12.5 Å². The fourth-order valence-corrected chi connectivity index (χ4v) is 2.22. The largest absolute Gasteiger partial charge is 0.397 e. The first-order valence-corrected chi connectivity index (χ1v) is 9.38. The quantitative estimate of drug-likeness (QED) is 0.289. The monoisotopic (exact) mass is 335 g/mol. The van der Waals surface area contributed by atoms with Crippen molar-refractivity contribution in [1.82, 2.24) is 5.32 Å². The molecule has 130 valence electrons. The maximum Gasteiger partial charge on any atom is 0.397 e. The van der Waals surface area contributed by atoms with Crippen molar-refractivity contribution < 1.29 is 21.9 Å². The van der Waals surface area contributed by atoms with Crippen LogP contribution in [0.4, 0.5) is 0 Å². The van der Waals surface area contributed by atoms with Crippen LogP contribution < -0.4 is 5.32 Å². The molecule has 2 N–H and O–H groups in total. The maximum absolute atomic E-state index is 11.4. The van der Waals surface area contributed by atoms with Crippen molar-refractivity contribution in [3.8, 4) is 0 Å². The maximum atomic E-state index is 11.4. The molecule has 1 amide bonds. The van der Waals surface area contributed by atoms with Gasteiger partial charge >= 0.3 is 10.4 Å². The third kappa shape index (κ3) is 17.1. The number of hydrogen-bond acceptors (Lipinski definition) is 4. The molecular weight excluding hydrogens is 306 g/mol. The van der Waals surface area contributed by atoms with Crippen molar-refractivity contribution in [3.63, 3.8) is 0 Å². The Bertz CT molecular complexity index is 406. The van der Waals surface area contributed by atoms with Gasteiger partial charge in [0, 0.05) is 6.54 Å². The van der Waals surface area contributed by atoms with Gasteiger partial charge in [-0.25, -0.2) is 4.18 Å². The van der Waals surface area contributed by atoms with Crippen LogP contribution >= 0.6 is 0 Å². The zero-order valence-electron chi connectivity index (χ0n) is 13.4. The Labute approximate surface area is 134 Å². The molecule has 0 aliphatic heterocycles. The number of rotatable bonds is 14. The van der Waals surface area contributed by atoms with E-state index in [2.05, 4.69) is 16.4 Å². The number of carbonyl (C=O) groups is 1. The Morgan fingerprint density at radius 1 is 1.09 bits per heavy atom. The Balaban J connectivity index is 3.40. The summed E-state index contributed by atoms with van der Waals surface area (Å²) in [5, 5.41) is 2.71. The molecule has 0 bridgehead atoms. The van der Waals surface area contributed by atoms with Gasteiger partial charge in [0.2, 0.25) is 5.91 Å². The fourth-order valence-electron chi connectivity index (χ4n) is 1.89. The Kier molecular flexibility index (Phi) is 13.1. The van der Waals surface area contributed by atoms with Crippen LogP contribution in [0.3, 0.4) is 0 Å². The van der Waals surface area contributed by atoms with Gasteiger partial charge in [-0.05, 0) is 31.8 Å². The van der Waals surface area contributed by atoms with Crippen LogP contribution in [0.5, 0.6) is 0 Å². The first-order valence-electron chi connectivity index (χ1n) is 8.02. The summed E-state index contributed by atoms with van der Waals surface area (Å²) >= 11 is 0. The van der Waals surface area contributed by atoms with Crippen LogP contribution in [-0.4, -0.2) is 32.0 Å². The molecule has 0 unspecified atom stereocenters. The second-order valence-corrected chi connectivity index (χ2v) is 6.30. The van der Waals surface area contributed by atoms with Crippen molar-refractivity contribution in [2.45, 2.75) is 64.7 Å². The molecule has 0 atom stereocenters. The number of carbonyl (C=O) groups excluding carboxylic acids is 1. The first kappa shape index (κ1) is 21.1. The number of hydrogen-bond donors (Lipinski definition) is 2. The lowest BCUT2D eigenvalue weighted by atomic mass is 10.1. The van der Waals surface area contributed by atoms with Crippen molar-refractivity contribution in [2.24, 2.45) is 0 Å². The highest BCUT2D eigenvalue weighted by Gasteiger charge is 2.02. The summed E-state index contributed by atoms with van der Waals surface area (Å²) in [7, 11) is -4.35. The molecule has 0 saturated heterocycles. The number of amides is 1. The molecule has 0 saturated carbocycles. The van der Waals surface area contributed by atoms with Gasteiger partial charge in [0.1, 0.15) is 0 Å². The molecular formula is C15H29NO5S. The van der Waals surface area contributed by atoms with E-state index in [1.165, 1.54) is 32.1 Å². The predicted octanol–water partition coefficient (Wildman–Crippen LogP) is 3.01. The smallest absolute Gasteiger partial charge is 0.353 e. The fraction of sp³-hybridized carbons (Fsp3) is 0.800. The lowest BCUT2D eigenvalue weighted by Crippen LogP contribution is -2.22.